The molecule has 3 N–H and O–H groups in total. The number of hydrogen-bond acceptors (Lipinski definition) is 3. The van der Waals surface area contributed by atoms with Crippen LogP contribution < -0.4 is 10.6 Å². The number of halogens is 1. The van der Waals surface area contributed by atoms with Gasteiger partial charge in [0.1, 0.15) is 11.4 Å². The molecule has 0 unspecified atom stereocenters. The van der Waals surface area contributed by atoms with Crippen LogP contribution >= 0.6 is 0 Å². The second kappa shape index (κ2) is 8.60. The summed E-state index contributed by atoms with van der Waals surface area (Å²) in [5, 5.41) is 14.6. The van der Waals surface area contributed by atoms with Gasteiger partial charge in [-0.2, -0.15) is 0 Å². The Bertz CT molecular complexity index is 640. The number of rotatable bonds is 6. The van der Waals surface area contributed by atoms with Crippen molar-refractivity contribution in [3.63, 3.8) is 0 Å². The summed E-state index contributed by atoms with van der Waals surface area (Å²) in [5.41, 5.74) is -0.746. The molecule has 0 bridgehead atoms. The minimum Gasteiger partial charge on any atom is -0.480 e. The smallest absolute Gasteiger partial charge is 0.329 e. The maximum Gasteiger partial charge on any atom is 0.329 e. The van der Waals surface area contributed by atoms with E-state index in [-0.39, 0.29) is 13.0 Å². The average Bonchev–Trinajstić information content (AvgIpc) is 2.79. The molecule has 0 radical (unpaired) electrons. The molecular weight excluding hydrogens is 327 g/mol. The number of aliphatic carboxylic acids is 1. The van der Waals surface area contributed by atoms with Gasteiger partial charge in [-0.3, -0.25) is 9.59 Å². The van der Waals surface area contributed by atoms with Crippen LogP contribution in [0.25, 0.3) is 0 Å². The Labute approximate surface area is 145 Å². The molecule has 0 aliphatic heterocycles. The highest BCUT2D eigenvalue weighted by Gasteiger charge is 2.39. The van der Waals surface area contributed by atoms with Gasteiger partial charge in [0.15, 0.2) is 0 Å². The van der Waals surface area contributed by atoms with E-state index in [1.165, 1.54) is 18.2 Å². The number of benzene rings is 1. The summed E-state index contributed by atoms with van der Waals surface area (Å²) in [6, 6.07) is 5.67. The van der Waals surface area contributed by atoms with E-state index in [9.17, 15) is 23.9 Å². The van der Waals surface area contributed by atoms with Crippen LogP contribution in [0.1, 0.15) is 44.1 Å². The van der Waals surface area contributed by atoms with Gasteiger partial charge in [-0.25, -0.2) is 9.18 Å². The number of nitrogens with one attached hydrogen (secondary N) is 2. The van der Waals surface area contributed by atoms with Crippen molar-refractivity contribution in [2.24, 2.45) is 0 Å². The van der Waals surface area contributed by atoms with Crippen LogP contribution in [0.3, 0.4) is 0 Å². The lowest BCUT2D eigenvalue weighted by Gasteiger charge is -2.29. The molecule has 1 fully saturated rings. The average molecular weight is 350 g/mol. The lowest BCUT2D eigenvalue weighted by molar-refractivity contribution is -0.148. The van der Waals surface area contributed by atoms with E-state index in [1.54, 1.807) is 6.07 Å². The van der Waals surface area contributed by atoms with Gasteiger partial charge in [0.25, 0.3) is 0 Å². The first-order valence-corrected chi connectivity index (χ1v) is 8.47. The maximum absolute atomic E-state index is 13.1. The van der Waals surface area contributed by atoms with E-state index in [2.05, 4.69) is 10.6 Å². The minimum absolute atomic E-state index is 0.0465. The number of carboxylic acids is 1. The SMILES string of the molecule is O=C(Cc1cccc(F)c1)NCC(=O)NC1(C(=O)O)CCCCCC1. The van der Waals surface area contributed by atoms with Crippen LogP contribution in [-0.4, -0.2) is 35.0 Å². The molecule has 0 saturated heterocycles. The van der Waals surface area contributed by atoms with Gasteiger partial charge in [0.05, 0.1) is 13.0 Å². The number of carboxylic acid groups (broad SMARTS) is 1. The van der Waals surface area contributed by atoms with Gasteiger partial charge in [-0.05, 0) is 30.5 Å². The third-order valence-electron chi connectivity index (χ3n) is 4.45. The molecule has 2 amide bonds. The molecule has 7 heteroatoms. The quantitative estimate of drug-likeness (QED) is 0.682. The Balaban J connectivity index is 1.86. The highest BCUT2D eigenvalue weighted by atomic mass is 19.1. The van der Waals surface area contributed by atoms with E-state index in [0.29, 0.717) is 18.4 Å². The molecule has 1 saturated carbocycles. The predicted octanol–water partition coefficient (Wildman–Crippen LogP) is 1.78. The molecule has 0 spiro atoms. The van der Waals surface area contributed by atoms with Gasteiger partial charge in [-0.1, -0.05) is 37.8 Å². The van der Waals surface area contributed by atoms with Crippen LogP contribution in [0.5, 0.6) is 0 Å². The molecule has 1 aromatic rings. The molecule has 0 heterocycles. The van der Waals surface area contributed by atoms with Gasteiger partial charge < -0.3 is 15.7 Å². The van der Waals surface area contributed by atoms with Crippen molar-refractivity contribution < 1.29 is 23.9 Å². The van der Waals surface area contributed by atoms with Crippen molar-refractivity contribution in [2.75, 3.05) is 6.54 Å². The topological polar surface area (TPSA) is 95.5 Å². The first-order chi connectivity index (χ1) is 11.9. The number of carbonyl (C=O) groups excluding carboxylic acids is 2. The number of amides is 2. The fraction of sp³-hybridized carbons (Fsp3) is 0.500. The van der Waals surface area contributed by atoms with E-state index in [0.717, 1.165) is 25.7 Å². The Morgan fingerprint density at radius 2 is 1.76 bits per heavy atom. The lowest BCUT2D eigenvalue weighted by atomic mass is 9.90. The Hall–Kier alpha value is -2.44. The van der Waals surface area contributed by atoms with Crippen LogP contribution in [0.15, 0.2) is 24.3 Å². The van der Waals surface area contributed by atoms with Gasteiger partial charge in [-0.15, -0.1) is 0 Å². The van der Waals surface area contributed by atoms with Crippen molar-refractivity contribution in [3.8, 4) is 0 Å². The zero-order valence-electron chi connectivity index (χ0n) is 14.0. The van der Waals surface area contributed by atoms with Crippen molar-refractivity contribution in [3.05, 3.63) is 35.6 Å². The third kappa shape index (κ3) is 5.55. The Morgan fingerprint density at radius 3 is 2.36 bits per heavy atom. The summed E-state index contributed by atoms with van der Waals surface area (Å²) < 4.78 is 13.1. The van der Waals surface area contributed by atoms with Crippen LogP contribution in [0.4, 0.5) is 4.39 Å². The summed E-state index contributed by atoms with van der Waals surface area (Å²) in [6.07, 6.45) is 4.15. The molecular formula is C18H23FN2O4. The van der Waals surface area contributed by atoms with Gasteiger partial charge in [0, 0.05) is 0 Å². The molecule has 1 aromatic carbocycles. The normalized spacial score (nSPS) is 16.5. The fourth-order valence-electron chi connectivity index (χ4n) is 3.11. The van der Waals surface area contributed by atoms with Crippen molar-refractivity contribution in [1.29, 1.82) is 0 Å². The highest BCUT2D eigenvalue weighted by molar-refractivity contribution is 5.90. The lowest BCUT2D eigenvalue weighted by Crippen LogP contribution is -2.56. The summed E-state index contributed by atoms with van der Waals surface area (Å²) in [4.78, 5) is 35.6. The minimum atomic E-state index is -1.25. The molecule has 136 valence electrons. The zero-order chi connectivity index (χ0) is 18.3. The third-order valence-corrected chi connectivity index (χ3v) is 4.45. The Morgan fingerprint density at radius 1 is 1.08 bits per heavy atom. The predicted molar refractivity (Wildman–Crippen MR) is 89.3 cm³/mol. The first kappa shape index (κ1) is 18.9. The molecule has 25 heavy (non-hydrogen) atoms. The van der Waals surface area contributed by atoms with Gasteiger partial charge in [0.2, 0.25) is 11.8 Å². The first-order valence-electron chi connectivity index (χ1n) is 8.47. The van der Waals surface area contributed by atoms with Crippen molar-refractivity contribution >= 4 is 17.8 Å². The van der Waals surface area contributed by atoms with Gasteiger partial charge >= 0.3 is 5.97 Å². The van der Waals surface area contributed by atoms with E-state index >= 15 is 0 Å². The molecule has 2 rings (SSSR count). The standard InChI is InChI=1S/C18H23FN2O4/c19-14-7-5-6-13(10-14)11-15(22)20-12-16(23)21-18(17(24)25)8-3-1-2-4-9-18/h5-7,10H,1-4,8-9,11-12H2,(H,20,22)(H,21,23)(H,24,25). The summed E-state index contributed by atoms with van der Waals surface area (Å²) in [6.45, 7) is -0.302. The van der Waals surface area contributed by atoms with Crippen LogP contribution in [-0.2, 0) is 20.8 Å². The molecule has 0 aromatic heterocycles. The fourth-order valence-corrected chi connectivity index (χ4v) is 3.11. The molecule has 0 atom stereocenters. The summed E-state index contributed by atoms with van der Waals surface area (Å²) >= 11 is 0. The summed E-state index contributed by atoms with van der Waals surface area (Å²) in [7, 11) is 0. The van der Waals surface area contributed by atoms with E-state index < -0.39 is 29.1 Å². The largest absolute Gasteiger partial charge is 0.480 e. The zero-order valence-corrected chi connectivity index (χ0v) is 14.0. The maximum atomic E-state index is 13.1. The van der Waals surface area contributed by atoms with Crippen molar-refractivity contribution in [2.45, 2.75) is 50.5 Å². The molecule has 1 aliphatic rings. The monoisotopic (exact) mass is 350 g/mol. The highest BCUT2D eigenvalue weighted by Crippen LogP contribution is 2.27. The van der Waals surface area contributed by atoms with E-state index in [4.69, 9.17) is 0 Å². The van der Waals surface area contributed by atoms with Crippen LogP contribution in [0.2, 0.25) is 0 Å². The Kier molecular flexibility index (Phi) is 6.50. The van der Waals surface area contributed by atoms with Crippen LogP contribution in [0, 0.1) is 5.82 Å². The van der Waals surface area contributed by atoms with E-state index in [1.807, 2.05) is 0 Å². The second-order valence-electron chi connectivity index (χ2n) is 6.43. The number of hydrogen-bond donors (Lipinski definition) is 3. The molecule has 6 nitrogen and oxygen atoms in total. The molecule has 1 aliphatic carbocycles. The summed E-state index contributed by atoms with van der Waals surface area (Å²) in [5.74, 6) is -2.42. The van der Waals surface area contributed by atoms with Crippen molar-refractivity contribution in [1.82, 2.24) is 10.6 Å². The second-order valence-corrected chi connectivity index (χ2v) is 6.43. The number of carbonyl (C=O) groups is 3.